The summed E-state index contributed by atoms with van der Waals surface area (Å²) >= 11 is 0. The first-order chi connectivity index (χ1) is 11.7. The van der Waals surface area contributed by atoms with Gasteiger partial charge < -0.3 is 15.2 Å². The molecule has 0 fully saturated rings. The number of benzene rings is 2. The summed E-state index contributed by atoms with van der Waals surface area (Å²) in [6.07, 6.45) is 3.35. The SMILES string of the molecule is COc1ccc2cccc(CC(=O)Nc3cnccc3CO)c2c1. The molecule has 0 unspecified atom stereocenters. The van der Waals surface area contributed by atoms with Crippen molar-refractivity contribution in [3.63, 3.8) is 0 Å². The van der Waals surface area contributed by atoms with Crippen LogP contribution in [-0.2, 0) is 17.8 Å². The first kappa shape index (κ1) is 16.0. The van der Waals surface area contributed by atoms with Crippen molar-refractivity contribution in [3.8, 4) is 5.75 Å². The lowest BCUT2D eigenvalue weighted by Gasteiger charge is -2.11. The minimum absolute atomic E-state index is 0.149. The maximum Gasteiger partial charge on any atom is 0.228 e. The smallest absolute Gasteiger partial charge is 0.228 e. The predicted octanol–water partition coefficient (Wildman–Crippen LogP) is 2.92. The Bertz CT molecular complexity index is 877. The van der Waals surface area contributed by atoms with Crippen LogP contribution in [0.4, 0.5) is 5.69 Å². The fraction of sp³-hybridized carbons (Fsp3) is 0.158. The number of methoxy groups -OCH3 is 1. The van der Waals surface area contributed by atoms with E-state index in [1.807, 2.05) is 36.4 Å². The molecule has 0 atom stereocenters. The third-order valence-corrected chi connectivity index (χ3v) is 3.89. The van der Waals surface area contributed by atoms with E-state index in [0.717, 1.165) is 22.1 Å². The van der Waals surface area contributed by atoms with Gasteiger partial charge in [-0.2, -0.15) is 0 Å². The van der Waals surface area contributed by atoms with E-state index in [2.05, 4.69) is 10.3 Å². The molecule has 1 heterocycles. The van der Waals surface area contributed by atoms with Gasteiger partial charge in [-0.25, -0.2) is 0 Å². The lowest BCUT2D eigenvalue weighted by Crippen LogP contribution is -2.16. The molecular weight excluding hydrogens is 304 g/mol. The van der Waals surface area contributed by atoms with Gasteiger partial charge in [-0.1, -0.05) is 24.3 Å². The van der Waals surface area contributed by atoms with Gasteiger partial charge in [0.1, 0.15) is 5.75 Å². The Kier molecular flexibility index (Phi) is 4.72. The minimum atomic E-state index is -0.159. The average Bonchev–Trinajstić information content (AvgIpc) is 2.62. The predicted molar refractivity (Wildman–Crippen MR) is 93.0 cm³/mol. The van der Waals surface area contributed by atoms with E-state index in [1.54, 1.807) is 19.4 Å². The maximum absolute atomic E-state index is 12.4. The van der Waals surface area contributed by atoms with Gasteiger partial charge in [0.05, 0.1) is 32.0 Å². The van der Waals surface area contributed by atoms with Gasteiger partial charge in [0, 0.05) is 11.8 Å². The van der Waals surface area contributed by atoms with Crippen LogP contribution in [0.15, 0.2) is 54.9 Å². The second-order valence-corrected chi connectivity index (χ2v) is 5.42. The van der Waals surface area contributed by atoms with Crippen LogP contribution in [0.2, 0.25) is 0 Å². The molecule has 5 nitrogen and oxygen atoms in total. The van der Waals surface area contributed by atoms with E-state index in [0.29, 0.717) is 11.3 Å². The number of nitrogens with zero attached hydrogens (tertiary/aromatic N) is 1. The van der Waals surface area contributed by atoms with Crippen molar-refractivity contribution in [3.05, 3.63) is 66.0 Å². The maximum atomic E-state index is 12.4. The van der Waals surface area contributed by atoms with Crippen LogP contribution < -0.4 is 10.1 Å². The molecule has 24 heavy (non-hydrogen) atoms. The van der Waals surface area contributed by atoms with E-state index in [4.69, 9.17) is 4.74 Å². The van der Waals surface area contributed by atoms with Crippen LogP contribution >= 0.6 is 0 Å². The van der Waals surface area contributed by atoms with Gasteiger partial charge in [-0.15, -0.1) is 0 Å². The largest absolute Gasteiger partial charge is 0.497 e. The van der Waals surface area contributed by atoms with Crippen LogP contribution in [0.3, 0.4) is 0 Å². The Morgan fingerprint density at radius 3 is 2.88 bits per heavy atom. The Labute approximate surface area is 139 Å². The van der Waals surface area contributed by atoms with Crippen LogP contribution in [0.5, 0.6) is 5.75 Å². The van der Waals surface area contributed by atoms with E-state index in [-0.39, 0.29) is 18.9 Å². The van der Waals surface area contributed by atoms with Gasteiger partial charge in [0.15, 0.2) is 0 Å². The summed E-state index contributed by atoms with van der Waals surface area (Å²) < 4.78 is 5.27. The van der Waals surface area contributed by atoms with Crippen LogP contribution in [-0.4, -0.2) is 23.1 Å². The molecule has 1 amide bonds. The number of ether oxygens (including phenoxy) is 1. The number of carbonyl (C=O) groups is 1. The summed E-state index contributed by atoms with van der Waals surface area (Å²) in [6.45, 7) is -0.149. The molecule has 3 rings (SSSR count). The first-order valence-corrected chi connectivity index (χ1v) is 7.60. The topological polar surface area (TPSA) is 71.5 Å². The zero-order chi connectivity index (χ0) is 16.9. The second-order valence-electron chi connectivity index (χ2n) is 5.42. The average molecular weight is 322 g/mol. The summed E-state index contributed by atoms with van der Waals surface area (Å²) in [5, 5.41) is 14.2. The van der Waals surface area contributed by atoms with Gasteiger partial charge in [0.2, 0.25) is 5.91 Å². The van der Waals surface area contributed by atoms with E-state index in [1.165, 1.54) is 6.20 Å². The highest BCUT2D eigenvalue weighted by molar-refractivity contribution is 5.96. The number of hydrogen-bond donors (Lipinski definition) is 2. The molecule has 0 saturated heterocycles. The molecular formula is C19H18N2O3. The van der Waals surface area contributed by atoms with Gasteiger partial charge in [-0.05, 0) is 34.5 Å². The molecule has 2 N–H and O–H groups in total. The summed E-state index contributed by atoms with van der Waals surface area (Å²) in [5.41, 5.74) is 2.08. The van der Waals surface area contributed by atoms with Crippen molar-refractivity contribution in [2.75, 3.05) is 12.4 Å². The van der Waals surface area contributed by atoms with E-state index >= 15 is 0 Å². The number of amides is 1. The summed E-state index contributed by atoms with van der Waals surface area (Å²) in [4.78, 5) is 16.4. The Morgan fingerprint density at radius 2 is 2.08 bits per heavy atom. The third kappa shape index (κ3) is 3.36. The fourth-order valence-corrected chi connectivity index (χ4v) is 2.64. The zero-order valence-electron chi connectivity index (χ0n) is 13.3. The van der Waals surface area contributed by atoms with Crippen LogP contribution in [0.25, 0.3) is 10.8 Å². The highest BCUT2D eigenvalue weighted by Gasteiger charge is 2.10. The number of aliphatic hydroxyl groups excluding tert-OH is 1. The molecule has 0 spiro atoms. The van der Waals surface area contributed by atoms with Crippen molar-refractivity contribution in [1.29, 1.82) is 0 Å². The molecule has 5 heteroatoms. The standard InChI is InChI=1S/C19H18N2O3/c1-24-16-6-5-13-3-2-4-14(17(13)10-16)9-19(23)21-18-11-20-8-7-15(18)12-22/h2-8,10-11,22H,9,12H2,1H3,(H,21,23). The van der Waals surface area contributed by atoms with E-state index in [9.17, 15) is 9.90 Å². The Balaban J connectivity index is 1.85. The monoisotopic (exact) mass is 322 g/mol. The van der Waals surface area contributed by atoms with Gasteiger partial charge >= 0.3 is 0 Å². The fourth-order valence-electron chi connectivity index (χ4n) is 2.64. The number of rotatable bonds is 5. The summed E-state index contributed by atoms with van der Waals surface area (Å²) in [5.74, 6) is 0.596. The molecule has 0 aliphatic rings. The van der Waals surface area contributed by atoms with Crippen LogP contribution in [0.1, 0.15) is 11.1 Å². The van der Waals surface area contributed by atoms with Gasteiger partial charge in [-0.3, -0.25) is 9.78 Å². The Hall–Kier alpha value is -2.92. The second kappa shape index (κ2) is 7.10. The molecule has 0 radical (unpaired) electrons. The van der Waals surface area contributed by atoms with Crippen molar-refractivity contribution in [2.45, 2.75) is 13.0 Å². The normalized spacial score (nSPS) is 10.6. The summed E-state index contributed by atoms with van der Waals surface area (Å²) in [7, 11) is 1.62. The number of fused-ring (bicyclic) bond motifs is 1. The number of pyridine rings is 1. The van der Waals surface area contributed by atoms with Crippen molar-refractivity contribution >= 4 is 22.4 Å². The van der Waals surface area contributed by atoms with Crippen LogP contribution in [0, 0.1) is 0 Å². The molecule has 1 aromatic heterocycles. The molecule has 0 aliphatic carbocycles. The first-order valence-electron chi connectivity index (χ1n) is 7.60. The number of carbonyl (C=O) groups excluding carboxylic acids is 1. The molecule has 0 aliphatic heterocycles. The Morgan fingerprint density at radius 1 is 1.21 bits per heavy atom. The lowest BCUT2D eigenvalue weighted by molar-refractivity contribution is -0.115. The zero-order valence-corrected chi connectivity index (χ0v) is 13.3. The quantitative estimate of drug-likeness (QED) is 0.757. The molecule has 2 aromatic carbocycles. The van der Waals surface area contributed by atoms with Crippen molar-refractivity contribution in [2.24, 2.45) is 0 Å². The summed E-state index contributed by atoms with van der Waals surface area (Å²) in [6, 6.07) is 13.3. The highest BCUT2D eigenvalue weighted by Crippen LogP contribution is 2.25. The van der Waals surface area contributed by atoms with Gasteiger partial charge in [0.25, 0.3) is 0 Å². The van der Waals surface area contributed by atoms with Crippen molar-refractivity contribution in [1.82, 2.24) is 4.98 Å². The number of anilines is 1. The number of aliphatic hydroxyl groups is 1. The third-order valence-electron chi connectivity index (χ3n) is 3.89. The number of aromatic nitrogens is 1. The number of hydrogen-bond acceptors (Lipinski definition) is 4. The highest BCUT2D eigenvalue weighted by atomic mass is 16.5. The minimum Gasteiger partial charge on any atom is -0.497 e. The van der Waals surface area contributed by atoms with Crippen molar-refractivity contribution < 1.29 is 14.6 Å². The number of nitrogens with one attached hydrogen (secondary N) is 1. The molecule has 0 bridgehead atoms. The van der Waals surface area contributed by atoms with E-state index < -0.39 is 0 Å². The molecule has 122 valence electrons. The lowest BCUT2D eigenvalue weighted by atomic mass is 10.0. The molecule has 0 saturated carbocycles. The molecule has 3 aromatic rings.